The molecule has 4 aliphatic rings. The summed E-state index contributed by atoms with van der Waals surface area (Å²) >= 11 is 0. The fourth-order valence-corrected chi connectivity index (χ4v) is 12.5. The van der Waals surface area contributed by atoms with Gasteiger partial charge < -0.3 is 39.0 Å². The second-order valence-electron chi connectivity index (χ2n) is 20.0. The zero-order valence-corrected chi connectivity index (χ0v) is 40.6. The van der Waals surface area contributed by atoms with Gasteiger partial charge in [-0.05, 0) is 162 Å². The molecule has 0 radical (unpaired) electrons. The highest BCUT2D eigenvalue weighted by molar-refractivity contribution is 5.56. The van der Waals surface area contributed by atoms with Gasteiger partial charge in [-0.1, -0.05) is 78.9 Å². The molecule has 2 aliphatic carbocycles. The second kappa shape index (κ2) is 21.3. The molecule has 10 heteroatoms. The number of ether oxygens (including phenoxy) is 4. The van der Waals surface area contributed by atoms with Crippen molar-refractivity contribution in [2.24, 2.45) is 11.8 Å². The van der Waals surface area contributed by atoms with Crippen LogP contribution in [0.2, 0.25) is 0 Å². The lowest BCUT2D eigenvalue weighted by Crippen LogP contribution is -2.39. The Hall–Kier alpha value is -5.78. The number of phenols is 2. The number of methoxy groups -OCH3 is 3. The van der Waals surface area contributed by atoms with Crippen LogP contribution in [0, 0.1) is 23.5 Å². The molecule has 2 fully saturated rings. The molecule has 6 aromatic carbocycles. The first kappa shape index (κ1) is 47.9. The lowest BCUT2D eigenvalue weighted by atomic mass is 9.69. The van der Waals surface area contributed by atoms with E-state index in [9.17, 15) is 10.2 Å². The number of aromatic hydroxyl groups is 2. The molecule has 1 unspecified atom stereocenters. The van der Waals surface area contributed by atoms with E-state index in [1.165, 1.54) is 11.1 Å². The predicted octanol–water partition coefficient (Wildman–Crippen LogP) is 12.3. The summed E-state index contributed by atoms with van der Waals surface area (Å²) in [6, 6.07) is 41.9. The number of piperidine rings is 2. The number of benzene rings is 6. The van der Waals surface area contributed by atoms with Gasteiger partial charge in [-0.3, -0.25) is 0 Å². The molecular weight excluding hydrogens is 883 g/mol. The van der Waals surface area contributed by atoms with Crippen LogP contribution in [0.3, 0.4) is 0 Å². The summed E-state index contributed by atoms with van der Waals surface area (Å²) in [6.07, 6.45) is 6.16. The molecule has 0 amide bonds. The van der Waals surface area contributed by atoms with Crippen LogP contribution in [-0.4, -0.2) is 70.3 Å². The van der Waals surface area contributed by atoms with Crippen molar-refractivity contribution in [3.8, 4) is 11.5 Å². The number of hydrogen-bond donors (Lipinski definition) is 2. The topological polar surface area (TPSA) is 83.9 Å². The standard InChI is InChI=1S/C60H66F2N2O6/c1-67-59(68-2)41-25-29-63(30-26-41)55-24-16-46(36-54(55)62)58-50(20-14-44-34-48(66)18-22-52(44)58)40-11-9-38(10-12-40)37-70-60(69-3)42-27-31-64(32-28-42)56-23-15-45(35-53(56)61)57-49(39-7-5-4-6-8-39)19-13-43-33-47(65)17-21-51(43)57/h4-12,15-18,21-24,33-36,41-42,49-50,57-60,65-66H,13-14,19-20,25-32,37H2,1-3H3/t49-,50+,57+,58-,60?/m1/s1. The van der Waals surface area contributed by atoms with Crippen LogP contribution in [-0.2, 0) is 38.4 Å². The molecule has 2 N–H and O–H groups in total. The molecule has 0 spiro atoms. The fraction of sp³-hybridized carbons (Fsp3) is 0.400. The Morgan fingerprint density at radius 3 is 1.40 bits per heavy atom. The lowest BCUT2D eigenvalue weighted by Gasteiger charge is -2.37. The Labute approximate surface area is 411 Å². The van der Waals surface area contributed by atoms with Gasteiger partial charge >= 0.3 is 0 Å². The van der Waals surface area contributed by atoms with Gasteiger partial charge in [0, 0.05) is 71.2 Å². The van der Waals surface area contributed by atoms with E-state index in [0.717, 1.165) is 103 Å². The molecular formula is C60H66F2N2O6. The minimum atomic E-state index is -0.401. The van der Waals surface area contributed by atoms with Crippen LogP contribution in [0.1, 0.15) is 112 Å². The highest BCUT2D eigenvalue weighted by Gasteiger charge is 2.36. The smallest absolute Gasteiger partial charge is 0.160 e. The molecule has 366 valence electrons. The third-order valence-electron chi connectivity index (χ3n) is 16.1. The van der Waals surface area contributed by atoms with Crippen molar-refractivity contribution in [2.45, 2.75) is 94.2 Å². The van der Waals surface area contributed by atoms with Crippen molar-refractivity contribution >= 4 is 11.4 Å². The number of phenolic OH excluding ortho intramolecular Hbond substituents is 2. The number of hydrogen-bond acceptors (Lipinski definition) is 8. The van der Waals surface area contributed by atoms with Crippen LogP contribution >= 0.6 is 0 Å². The number of fused-ring (bicyclic) bond motifs is 2. The summed E-state index contributed by atoms with van der Waals surface area (Å²) in [6.45, 7) is 3.24. The van der Waals surface area contributed by atoms with Crippen molar-refractivity contribution in [3.05, 3.63) is 189 Å². The van der Waals surface area contributed by atoms with Crippen molar-refractivity contribution < 1.29 is 37.9 Å². The maximum absolute atomic E-state index is 16.3. The Morgan fingerprint density at radius 2 is 0.943 bits per heavy atom. The zero-order valence-electron chi connectivity index (χ0n) is 40.6. The van der Waals surface area contributed by atoms with E-state index in [4.69, 9.17) is 18.9 Å². The van der Waals surface area contributed by atoms with Gasteiger partial charge in [0.05, 0.1) is 18.0 Å². The van der Waals surface area contributed by atoms with Crippen LogP contribution in [0.15, 0.2) is 127 Å². The molecule has 2 saturated heterocycles. The van der Waals surface area contributed by atoms with Gasteiger partial charge in [-0.15, -0.1) is 0 Å². The Kier molecular flexibility index (Phi) is 14.6. The molecule has 5 atom stereocenters. The molecule has 10 rings (SSSR count). The SMILES string of the molecule is COC(OC)C1CCN(c2ccc([C@H]3c4ccc(O)cc4CC[C@H]3c3ccc(COC(OC)C4CCN(c5ccc([C@@H]6c7ccc(O)cc7CC[C@@H]6c6ccccc6)cc5F)CC4)cc3)cc2F)CC1. The highest BCUT2D eigenvalue weighted by Crippen LogP contribution is 2.49. The molecule has 0 saturated carbocycles. The van der Waals surface area contributed by atoms with Gasteiger partial charge in [0.15, 0.2) is 12.6 Å². The van der Waals surface area contributed by atoms with Gasteiger partial charge in [-0.2, -0.15) is 0 Å². The quantitative estimate of drug-likeness (QED) is 0.105. The first-order chi connectivity index (χ1) is 34.2. The first-order valence-corrected chi connectivity index (χ1v) is 25.3. The van der Waals surface area contributed by atoms with E-state index in [1.807, 2.05) is 42.5 Å². The molecule has 2 aliphatic heterocycles. The second-order valence-corrected chi connectivity index (χ2v) is 20.0. The predicted molar refractivity (Wildman–Crippen MR) is 271 cm³/mol. The van der Waals surface area contributed by atoms with E-state index >= 15 is 8.78 Å². The van der Waals surface area contributed by atoms with Crippen molar-refractivity contribution in [1.82, 2.24) is 0 Å². The molecule has 0 bridgehead atoms. The lowest BCUT2D eigenvalue weighted by molar-refractivity contribution is -0.166. The summed E-state index contributed by atoms with van der Waals surface area (Å²) < 4.78 is 56.0. The van der Waals surface area contributed by atoms with E-state index in [-0.39, 0.29) is 64.9 Å². The van der Waals surface area contributed by atoms with Crippen molar-refractivity contribution in [1.29, 1.82) is 0 Å². The summed E-state index contributed by atoms with van der Waals surface area (Å²) in [5.41, 5.74) is 11.1. The maximum atomic E-state index is 16.3. The minimum absolute atomic E-state index is 0.0181. The fourth-order valence-electron chi connectivity index (χ4n) is 12.5. The summed E-state index contributed by atoms with van der Waals surface area (Å²) in [5.74, 6) is 0.723. The number of rotatable bonds is 14. The molecule has 70 heavy (non-hydrogen) atoms. The van der Waals surface area contributed by atoms with Crippen LogP contribution < -0.4 is 9.80 Å². The maximum Gasteiger partial charge on any atom is 0.160 e. The van der Waals surface area contributed by atoms with Crippen LogP contribution in [0.4, 0.5) is 20.2 Å². The van der Waals surface area contributed by atoms with Crippen LogP contribution in [0.25, 0.3) is 0 Å². The third-order valence-corrected chi connectivity index (χ3v) is 16.1. The average molecular weight is 949 g/mol. The Bertz CT molecular complexity index is 2720. The molecule has 0 aromatic heterocycles. The number of halogens is 2. The molecule has 8 nitrogen and oxygen atoms in total. The number of aryl methyl sites for hydroxylation is 2. The highest BCUT2D eigenvalue weighted by atomic mass is 19.1. The normalized spacial score (nSPS) is 21.4. The van der Waals surface area contributed by atoms with Crippen molar-refractivity contribution in [3.63, 3.8) is 0 Å². The summed E-state index contributed by atoms with van der Waals surface area (Å²) in [5, 5.41) is 20.7. The molecule has 6 aromatic rings. The van der Waals surface area contributed by atoms with E-state index < -0.39 is 6.29 Å². The monoisotopic (exact) mass is 948 g/mol. The van der Waals surface area contributed by atoms with Gasteiger partial charge in [0.25, 0.3) is 0 Å². The van der Waals surface area contributed by atoms with E-state index in [2.05, 4.69) is 70.5 Å². The minimum Gasteiger partial charge on any atom is -0.508 e. The van der Waals surface area contributed by atoms with Crippen LogP contribution in [0.5, 0.6) is 11.5 Å². The average Bonchev–Trinajstić information content (AvgIpc) is 3.39. The zero-order chi connectivity index (χ0) is 48.3. The van der Waals surface area contributed by atoms with E-state index in [0.29, 0.717) is 31.1 Å². The van der Waals surface area contributed by atoms with Gasteiger partial charge in [-0.25, -0.2) is 8.78 Å². The van der Waals surface area contributed by atoms with Crippen molar-refractivity contribution in [2.75, 3.05) is 57.3 Å². The summed E-state index contributed by atoms with van der Waals surface area (Å²) in [4.78, 5) is 4.28. The van der Waals surface area contributed by atoms with Gasteiger partial charge in [0.2, 0.25) is 0 Å². The van der Waals surface area contributed by atoms with E-state index in [1.54, 1.807) is 45.6 Å². The third kappa shape index (κ3) is 9.93. The number of nitrogens with zero attached hydrogens (tertiary/aromatic N) is 2. The number of anilines is 2. The Morgan fingerprint density at radius 1 is 0.500 bits per heavy atom. The Balaban J connectivity index is 0.782. The molecule has 2 heterocycles. The van der Waals surface area contributed by atoms with Gasteiger partial charge in [0.1, 0.15) is 23.1 Å². The summed E-state index contributed by atoms with van der Waals surface area (Å²) in [7, 11) is 5.04. The first-order valence-electron chi connectivity index (χ1n) is 25.3. The largest absolute Gasteiger partial charge is 0.508 e.